The molecule has 0 unspecified atom stereocenters. The maximum absolute atomic E-state index is 13.0. The van der Waals surface area contributed by atoms with Crippen LogP contribution in [0.1, 0.15) is 18.9 Å². The van der Waals surface area contributed by atoms with Gasteiger partial charge in [0.15, 0.2) is 0 Å². The average Bonchev–Trinajstić information content (AvgIpc) is 3.37. The highest BCUT2D eigenvalue weighted by Crippen LogP contribution is 2.36. The number of rotatable bonds is 9. The summed E-state index contributed by atoms with van der Waals surface area (Å²) in [6, 6.07) is 14.9. The van der Waals surface area contributed by atoms with E-state index in [4.69, 9.17) is 38.2 Å². The summed E-state index contributed by atoms with van der Waals surface area (Å²) >= 11 is 12.8. The first-order chi connectivity index (χ1) is 17.2. The predicted octanol–water partition coefficient (Wildman–Crippen LogP) is 5.07. The first-order valence-corrected chi connectivity index (χ1v) is 14.2. The number of amides is 1. The molecule has 1 aliphatic heterocycles. The lowest BCUT2D eigenvalue weighted by Crippen LogP contribution is -2.32. The molecule has 12 heteroatoms. The lowest BCUT2D eigenvalue weighted by atomic mass is 10.1. The second kappa shape index (κ2) is 11.1. The van der Waals surface area contributed by atoms with Gasteiger partial charge in [0.1, 0.15) is 15.8 Å². The Hall–Kier alpha value is -2.70. The number of aromatic nitrogens is 2. The molecule has 0 aliphatic carbocycles. The Bertz CT molecular complexity index is 1440. The number of thioether (sulfide) groups is 1. The summed E-state index contributed by atoms with van der Waals surface area (Å²) in [4.78, 5) is 14.5. The smallest absolute Gasteiger partial charge is 0.266 e. The molecule has 0 bridgehead atoms. The van der Waals surface area contributed by atoms with E-state index in [9.17, 15) is 13.2 Å². The van der Waals surface area contributed by atoms with E-state index < -0.39 is 21.8 Å². The standard InChI is InChI=1S/C24H22ClN3O5S3/c1-2-11-33-20-9-8-16(13-19(20)25)22-17(15-28(26-22)18-6-4-3-5-7-18)14-21-23(29)27(24(34)35-21)10-12-36(30,31)32/h3-9,13-15H,2,10-12H2,1H3,(H,30,31,32)/b21-14-. The van der Waals surface area contributed by atoms with Crippen LogP contribution in [0.4, 0.5) is 0 Å². The highest BCUT2D eigenvalue weighted by Gasteiger charge is 2.33. The molecule has 2 heterocycles. The predicted molar refractivity (Wildman–Crippen MR) is 146 cm³/mol. The number of para-hydroxylation sites is 1. The zero-order valence-electron chi connectivity index (χ0n) is 19.1. The van der Waals surface area contributed by atoms with Crippen LogP contribution in [0, 0.1) is 0 Å². The topological polar surface area (TPSA) is 102 Å². The molecule has 1 fully saturated rings. The highest BCUT2D eigenvalue weighted by molar-refractivity contribution is 8.26. The molecule has 1 amide bonds. The van der Waals surface area contributed by atoms with E-state index in [1.54, 1.807) is 29.1 Å². The monoisotopic (exact) mass is 563 g/mol. The number of hydrogen-bond donors (Lipinski definition) is 1. The van der Waals surface area contributed by atoms with Crippen molar-refractivity contribution in [1.82, 2.24) is 14.7 Å². The Morgan fingerprint density at radius 2 is 1.97 bits per heavy atom. The van der Waals surface area contributed by atoms with Crippen molar-refractivity contribution >= 4 is 62.0 Å². The fourth-order valence-electron chi connectivity index (χ4n) is 3.45. The molecule has 8 nitrogen and oxygen atoms in total. The molecular formula is C24H22ClN3O5S3. The van der Waals surface area contributed by atoms with E-state index in [0.29, 0.717) is 33.5 Å². The number of carbonyl (C=O) groups is 1. The summed E-state index contributed by atoms with van der Waals surface area (Å²) in [5.41, 5.74) is 2.79. The van der Waals surface area contributed by atoms with Gasteiger partial charge in [-0.1, -0.05) is 60.7 Å². The summed E-state index contributed by atoms with van der Waals surface area (Å²) in [6.07, 6.45) is 4.32. The minimum atomic E-state index is -4.24. The van der Waals surface area contributed by atoms with Crippen LogP contribution in [0.2, 0.25) is 5.02 Å². The van der Waals surface area contributed by atoms with E-state index in [1.807, 2.05) is 43.3 Å². The zero-order chi connectivity index (χ0) is 25.9. The molecule has 0 atom stereocenters. The maximum Gasteiger partial charge on any atom is 0.266 e. The van der Waals surface area contributed by atoms with Gasteiger partial charge < -0.3 is 4.74 Å². The van der Waals surface area contributed by atoms with Crippen molar-refractivity contribution in [3.05, 3.63) is 70.2 Å². The van der Waals surface area contributed by atoms with Crippen molar-refractivity contribution in [3.63, 3.8) is 0 Å². The normalized spacial score (nSPS) is 15.2. The fraction of sp³-hybridized carbons (Fsp3) is 0.208. The second-order valence-electron chi connectivity index (χ2n) is 7.83. The number of nitrogens with zero attached hydrogens (tertiary/aromatic N) is 3. The zero-order valence-corrected chi connectivity index (χ0v) is 22.3. The fourth-order valence-corrected chi connectivity index (χ4v) is 5.40. The molecule has 4 rings (SSSR count). The molecule has 0 spiro atoms. The van der Waals surface area contributed by atoms with Crippen LogP contribution < -0.4 is 4.74 Å². The molecule has 1 aliphatic rings. The van der Waals surface area contributed by atoms with Gasteiger partial charge in [0, 0.05) is 23.9 Å². The second-order valence-corrected chi connectivity index (χ2v) is 11.5. The van der Waals surface area contributed by atoms with E-state index in [-0.39, 0.29) is 10.9 Å². The van der Waals surface area contributed by atoms with Gasteiger partial charge in [-0.15, -0.1) is 0 Å². The molecule has 1 aromatic heterocycles. The van der Waals surface area contributed by atoms with Gasteiger partial charge in [-0.3, -0.25) is 14.2 Å². The summed E-state index contributed by atoms with van der Waals surface area (Å²) in [5, 5.41) is 5.19. The average molecular weight is 564 g/mol. The lowest BCUT2D eigenvalue weighted by molar-refractivity contribution is -0.121. The Kier molecular flexibility index (Phi) is 8.16. The van der Waals surface area contributed by atoms with Crippen molar-refractivity contribution in [3.8, 4) is 22.7 Å². The number of benzene rings is 2. The van der Waals surface area contributed by atoms with Crippen LogP contribution in [0.5, 0.6) is 5.75 Å². The van der Waals surface area contributed by atoms with Crippen LogP contribution >= 0.6 is 35.6 Å². The van der Waals surface area contributed by atoms with Crippen molar-refractivity contribution in [1.29, 1.82) is 0 Å². The van der Waals surface area contributed by atoms with Crippen molar-refractivity contribution < 1.29 is 22.5 Å². The van der Waals surface area contributed by atoms with Crippen LogP contribution in [0.25, 0.3) is 23.0 Å². The minimum absolute atomic E-state index is 0.215. The lowest BCUT2D eigenvalue weighted by Gasteiger charge is -2.12. The molecular weight excluding hydrogens is 542 g/mol. The number of hydrogen-bond acceptors (Lipinski definition) is 7. The Balaban J connectivity index is 1.73. The van der Waals surface area contributed by atoms with Gasteiger partial charge in [0.25, 0.3) is 16.0 Å². The molecule has 188 valence electrons. The Morgan fingerprint density at radius 1 is 1.22 bits per heavy atom. The Morgan fingerprint density at radius 3 is 2.64 bits per heavy atom. The van der Waals surface area contributed by atoms with Crippen LogP contribution in [0.3, 0.4) is 0 Å². The number of ether oxygens (including phenoxy) is 1. The summed E-state index contributed by atoms with van der Waals surface area (Å²) in [5.74, 6) is -0.464. The number of carbonyl (C=O) groups excluding carboxylic acids is 1. The Labute approximate surface area is 223 Å². The molecule has 1 saturated heterocycles. The van der Waals surface area contributed by atoms with Gasteiger partial charge >= 0.3 is 0 Å². The summed E-state index contributed by atoms with van der Waals surface area (Å²) < 4.78 is 38.9. The highest BCUT2D eigenvalue weighted by atomic mass is 35.5. The van der Waals surface area contributed by atoms with E-state index in [1.165, 1.54) is 0 Å². The first kappa shape index (κ1) is 26.4. The van der Waals surface area contributed by atoms with E-state index in [2.05, 4.69) is 0 Å². The summed E-state index contributed by atoms with van der Waals surface area (Å²) in [7, 11) is -4.24. The van der Waals surface area contributed by atoms with E-state index >= 15 is 0 Å². The maximum atomic E-state index is 13.0. The van der Waals surface area contributed by atoms with Gasteiger partial charge in [0.2, 0.25) is 0 Å². The third-order valence-corrected chi connectivity index (χ3v) is 7.53. The minimum Gasteiger partial charge on any atom is -0.492 e. The third kappa shape index (κ3) is 6.16. The third-order valence-electron chi connectivity index (χ3n) is 5.16. The van der Waals surface area contributed by atoms with E-state index in [0.717, 1.165) is 34.3 Å². The largest absolute Gasteiger partial charge is 0.492 e. The van der Waals surface area contributed by atoms with Gasteiger partial charge in [0.05, 0.1) is 28.0 Å². The molecule has 3 aromatic rings. The SMILES string of the molecule is CCCOc1ccc(-c2nn(-c3ccccc3)cc2/C=C2\SC(=S)N(CCS(=O)(=O)O)C2=O)cc1Cl. The molecule has 2 aromatic carbocycles. The number of halogens is 1. The summed E-state index contributed by atoms with van der Waals surface area (Å²) in [6.45, 7) is 2.33. The van der Waals surface area contributed by atoms with Crippen molar-refractivity contribution in [2.75, 3.05) is 18.9 Å². The number of thiocarbonyl (C=S) groups is 1. The van der Waals surface area contributed by atoms with Crippen LogP contribution in [-0.4, -0.2) is 56.8 Å². The van der Waals surface area contributed by atoms with Gasteiger partial charge in [-0.05, 0) is 42.8 Å². The quantitative estimate of drug-likeness (QED) is 0.219. The van der Waals surface area contributed by atoms with Crippen molar-refractivity contribution in [2.24, 2.45) is 0 Å². The van der Waals surface area contributed by atoms with Crippen LogP contribution in [0.15, 0.2) is 59.6 Å². The van der Waals surface area contributed by atoms with Gasteiger partial charge in [-0.2, -0.15) is 13.5 Å². The van der Waals surface area contributed by atoms with Crippen LogP contribution in [-0.2, 0) is 14.9 Å². The molecule has 0 radical (unpaired) electrons. The molecule has 1 N–H and O–H groups in total. The van der Waals surface area contributed by atoms with Gasteiger partial charge in [-0.25, -0.2) is 4.68 Å². The molecule has 0 saturated carbocycles. The molecule has 36 heavy (non-hydrogen) atoms. The van der Waals surface area contributed by atoms with Crippen molar-refractivity contribution in [2.45, 2.75) is 13.3 Å². The first-order valence-electron chi connectivity index (χ1n) is 10.9.